The average molecular weight is 328 g/mol. The Hall–Kier alpha value is -2.54. The normalized spacial score (nSPS) is 16.9. The Balaban J connectivity index is 1.80. The van der Waals surface area contributed by atoms with Crippen molar-refractivity contribution < 1.29 is 4.39 Å². The molecule has 126 valence electrons. The third-order valence-corrected chi connectivity index (χ3v) is 4.39. The molecule has 1 aliphatic heterocycles. The maximum Gasteiger partial charge on any atom is 0.154 e. The van der Waals surface area contributed by atoms with Crippen molar-refractivity contribution in [2.75, 3.05) is 23.7 Å². The van der Waals surface area contributed by atoms with Gasteiger partial charge in [-0.05, 0) is 44.0 Å². The van der Waals surface area contributed by atoms with Crippen LogP contribution in [0.2, 0.25) is 0 Å². The predicted molar refractivity (Wildman–Crippen MR) is 92.8 cm³/mol. The topological polar surface area (TPSA) is 105 Å². The molecule has 0 bridgehead atoms. The molecule has 0 aliphatic carbocycles. The van der Waals surface area contributed by atoms with Crippen LogP contribution in [0.5, 0.6) is 0 Å². The second kappa shape index (κ2) is 6.16. The summed E-state index contributed by atoms with van der Waals surface area (Å²) < 4.78 is 13.0. The van der Waals surface area contributed by atoms with E-state index in [0.29, 0.717) is 17.1 Å². The van der Waals surface area contributed by atoms with Gasteiger partial charge in [-0.25, -0.2) is 14.4 Å². The Morgan fingerprint density at radius 3 is 2.46 bits per heavy atom. The van der Waals surface area contributed by atoms with Crippen molar-refractivity contribution in [3.8, 4) is 0 Å². The lowest BCUT2D eigenvalue weighted by atomic mass is 9.91. The summed E-state index contributed by atoms with van der Waals surface area (Å²) >= 11 is 0. The van der Waals surface area contributed by atoms with Crippen LogP contribution in [0.3, 0.4) is 0 Å². The third kappa shape index (κ3) is 3.35. The Labute approximate surface area is 140 Å². The van der Waals surface area contributed by atoms with E-state index in [1.54, 1.807) is 6.20 Å². The lowest BCUT2D eigenvalue weighted by molar-refractivity contribution is 0.363. The van der Waals surface area contributed by atoms with Crippen LogP contribution in [0.4, 0.5) is 16.0 Å². The summed E-state index contributed by atoms with van der Waals surface area (Å²) in [6, 6.07) is 5.66. The van der Waals surface area contributed by atoms with E-state index in [4.69, 9.17) is 16.9 Å². The molecule has 0 amide bonds. The summed E-state index contributed by atoms with van der Waals surface area (Å²) in [4.78, 5) is 10.8. The van der Waals surface area contributed by atoms with Crippen LogP contribution in [0.15, 0.2) is 30.5 Å². The molecule has 0 saturated carbocycles. The highest BCUT2D eigenvalue weighted by atomic mass is 19.1. The number of halogens is 1. The maximum atomic E-state index is 13.0. The number of benzene rings is 1. The molecule has 7 heteroatoms. The van der Waals surface area contributed by atoms with Gasteiger partial charge in [-0.2, -0.15) is 0 Å². The first-order chi connectivity index (χ1) is 11.4. The predicted octanol–water partition coefficient (Wildman–Crippen LogP) is 1.93. The first-order valence-corrected chi connectivity index (χ1v) is 7.87. The zero-order chi connectivity index (χ0) is 17.3. The van der Waals surface area contributed by atoms with Gasteiger partial charge < -0.3 is 16.4 Å². The van der Waals surface area contributed by atoms with Gasteiger partial charge >= 0.3 is 0 Å². The minimum atomic E-state index is -0.349. The van der Waals surface area contributed by atoms with Crippen LogP contribution in [-0.2, 0) is 0 Å². The van der Waals surface area contributed by atoms with E-state index in [9.17, 15) is 4.39 Å². The van der Waals surface area contributed by atoms with Crippen molar-refractivity contribution in [1.82, 2.24) is 9.97 Å². The van der Waals surface area contributed by atoms with Gasteiger partial charge in [0.1, 0.15) is 17.3 Å². The van der Waals surface area contributed by atoms with Gasteiger partial charge in [-0.1, -0.05) is 0 Å². The molecule has 5 N–H and O–H groups in total. The van der Waals surface area contributed by atoms with Crippen LogP contribution >= 0.6 is 0 Å². The summed E-state index contributed by atoms with van der Waals surface area (Å²) in [6.45, 7) is 3.66. The lowest BCUT2D eigenvalue weighted by Gasteiger charge is -2.37. The Kier molecular flexibility index (Phi) is 4.19. The average Bonchev–Trinajstić information content (AvgIpc) is 2.55. The number of nitrogen functional groups attached to an aromatic ring is 1. The molecule has 0 spiro atoms. The zero-order valence-electron chi connectivity index (χ0n) is 13.6. The lowest BCUT2D eigenvalue weighted by Crippen LogP contribution is -2.48. The van der Waals surface area contributed by atoms with E-state index >= 15 is 0 Å². The fraction of sp³-hybridized carbons (Fsp3) is 0.353. The highest BCUT2D eigenvalue weighted by Crippen LogP contribution is 2.24. The maximum absolute atomic E-state index is 13.0. The standard InChI is InChI=1S/C17H21FN6/c1-17(21)6-8-24(9-7-17)13-10-22-15(16(20)23-13)14(19)11-2-4-12(18)5-3-11/h2-5,10,19H,6-9,21H2,1H3,(H2,20,23). The molecular weight excluding hydrogens is 307 g/mol. The molecule has 1 saturated heterocycles. The highest BCUT2D eigenvalue weighted by molar-refractivity contribution is 6.12. The Bertz CT molecular complexity index is 746. The molecule has 1 aliphatic rings. The number of nitrogens with one attached hydrogen (secondary N) is 1. The van der Waals surface area contributed by atoms with Gasteiger partial charge in [0, 0.05) is 24.2 Å². The molecule has 6 nitrogen and oxygen atoms in total. The molecule has 3 rings (SSSR count). The van der Waals surface area contributed by atoms with Gasteiger partial charge in [0.2, 0.25) is 0 Å². The van der Waals surface area contributed by atoms with Crippen LogP contribution in [0.1, 0.15) is 31.0 Å². The van der Waals surface area contributed by atoms with Crippen molar-refractivity contribution in [1.29, 1.82) is 5.41 Å². The number of rotatable bonds is 3. The second-order valence-corrected chi connectivity index (χ2v) is 6.49. The van der Waals surface area contributed by atoms with Crippen molar-refractivity contribution in [2.45, 2.75) is 25.3 Å². The minimum Gasteiger partial charge on any atom is -0.382 e. The van der Waals surface area contributed by atoms with E-state index in [1.807, 2.05) is 0 Å². The fourth-order valence-corrected chi connectivity index (χ4v) is 2.74. The molecule has 0 radical (unpaired) electrons. The van der Waals surface area contributed by atoms with Crippen LogP contribution in [-0.4, -0.2) is 34.3 Å². The zero-order valence-corrected chi connectivity index (χ0v) is 13.6. The smallest absolute Gasteiger partial charge is 0.154 e. The number of aromatic nitrogens is 2. The van der Waals surface area contributed by atoms with E-state index < -0.39 is 0 Å². The SMILES string of the molecule is CC1(N)CCN(c2cnc(C(=N)c3ccc(F)cc3)c(N)n2)CC1. The number of nitrogens with zero attached hydrogens (tertiary/aromatic N) is 3. The van der Waals surface area contributed by atoms with Crippen LogP contribution in [0.25, 0.3) is 0 Å². The largest absolute Gasteiger partial charge is 0.382 e. The number of hydrogen-bond acceptors (Lipinski definition) is 6. The van der Waals surface area contributed by atoms with Gasteiger partial charge in [0.05, 0.1) is 11.9 Å². The second-order valence-electron chi connectivity index (χ2n) is 6.49. The van der Waals surface area contributed by atoms with Crippen molar-refractivity contribution in [2.24, 2.45) is 5.73 Å². The van der Waals surface area contributed by atoms with Gasteiger partial charge in [0.15, 0.2) is 5.82 Å². The highest BCUT2D eigenvalue weighted by Gasteiger charge is 2.27. The van der Waals surface area contributed by atoms with Crippen LogP contribution in [0, 0.1) is 11.2 Å². The van der Waals surface area contributed by atoms with Gasteiger partial charge in [-0.3, -0.25) is 5.41 Å². The van der Waals surface area contributed by atoms with E-state index in [1.165, 1.54) is 24.3 Å². The molecule has 1 aromatic heterocycles. The molecule has 24 heavy (non-hydrogen) atoms. The van der Waals surface area contributed by atoms with Crippen molar-refractivity contribution >= 4 is 17.3 Å². The third-order valence-electron chi connectivity index (χ3n) is 4.39. The summed E-state index contributed by atoms with van der Waals surface area (Å²) in [5.74, 6) is 0.541. The monoisotopic (exact) mass is 328 g/mol. The first kappa shape index (κ1) is 16.3. The molecule has 0 atom stereocenters. The summed E-state index contributed by atoms with van der Waals surface area (Å²) in [6.07, 6.45) is 3.38. The summed E-state index contributed by atoms with van der Waals surface area (Å²) in [5, 5.41) is 8.21. The van der Waals surface area contributed by atoms with Crippen LogP contribution < -0.4 is 16.4 Å². The van der Waals surface area contributed by atoms with E-state index in [0.717, 1.165) is 25.9 Å². The Morgan fingerprint density at radius 2 is 1.88 bits per heavy atom. The molecule has 1 fully saturated rings. The van der Waals surface area contributed by atoms with E-state index in [-0.39, 0.29) is 22.9 Å². The molecule has 1 aromatic carbocycles. The quantitative estimate of drug-likeness (QED) is 0.747. The fourth-order valence-electron chi connectivity index (χ4n) is 2.74. The first-order valence-electron chi connectivity index (χ1n) is 7.87. The number of hydrogen-bond donors (Lipinski definition) is 3. The molecular formula is C17H21FN6. The number of anilines is 2. The van der Waals surface area contributed by atoms with Gasteiger partial charge in [-0.15, -0.1) is 0 Å². The minimum absolute atomic E-state index is 0.125. The van der Waals surface area contributed by atoms with Gasteiger partial charge in [0.25, 0.3) is 0 Å². The molecule has 0 unspecified atom stereocenters. The molecule has 2 heterocycles. The summed E-state index contributed by atoms with van der Waals surface area (Å²) in [5.41, 5.74) is 13.0. The number of piperidine rings is 1. The Morgan fingerprint density at radius 1 is 1.25 bits per heavy atom. The van der Waals surface area contributed by atoms with E-state index in [2.05, 4.69) is 21.8 Å². The molecule has 2 aromatic rings. The number of nitrogens with two attached hydrogens (primary N) is 2. The van der Waals surface area contributed by atoms with Crippen molar-refractivity contribution in [3.05, 3.63) is 47.5 Å². The summed E-state index contributed by atoms with van der Waals surface area (Å²) in [7, 11) is 0. The van der Waals surface area contributed by atoms with Crippen molar-refractivity contribution in [3.63, 3.8) is 0 Å².